The van der Waals surface area contributed by atoms with Gasteiger partial charge in [0.2, 0.25) is 0 Å². The Kier molecular flexibility index (Phi) is 3.22. The summed E-state index contributed by atoms with van der Waals surface area (Å²) in [6.07, 6.45) is 1.52. The van der Waals surface area contributed by atoms with Crippen LogP contribution in [0.2, 0.25) is 0 Å². The van der Waals surface area contributed by atoms with E-state index in [2.05, 4.69) is 21.1 Å². The molecule has 1 aromatic carbocycles. The fourth-order valence-corrected chi connectivity index (χ4v) is 1.36. The maximum absolute atomic E-state index is 13.0. The van der Waals surface area contributed by atoms with Gasteiger partial charge in [-0.15, -0.1) is 5.16 Å². The Morgan fingerprint density at radius 3 is 2.92 bits per heavy atom. The zero-order valence-electron chi connectivity index (χ0n) is 6.17. The predicted octanol–water partition coefficient (Wildman–Crippen LogP) is 2.59. The van der Waals surface area contributed by atoms with Crippen molar-refractivity contribution in [3.8, 4) is 0 Å². The smallest absolute Gasteiger partial charge is 0.127 e. The minimum absolute atomic E-state index is 0.282. The van der Waals surface area contributed by atoms with Gasteiger partial charge in [0.15, 0.2) is 0 Å². The van der Waals surface area contributed by atoms with E-state index in [1.165, 1.54) is 12.3 Å². The average molecular weight is 232 g/mol. The molecule has 0 saturated heterocycles. The number of halogens is 2. The second kappa shape index (κ2) is 4.21. The summed E-state index contributed by atoms with van der Waals surface area (Å²) in [4.78, 5) is 0. The van der Waals surface area contributed by atoms with Crippen molar-refractivity contribution < 1.29 is 9.60 Å². The third-order valence-corrected chi connectivity index (χ3v) is 2.18. The van der Waals surface area contributed by atoms with Gasteiger partial charge in [0.1, 0.15) is 5.82 Å². The summed E-state index contributed by atoms with van der Waals surface area (Å²) in [6, 6.07) is 4.72. The highest BCUT2D eigenvalue weighted by Gasteiger charge is 2.03. The molecule has 4 heteroatoms. The Bertz CT molecular complexity index is 281. The summed E-state index contributed by atoms with van der Waals surface area (Å²) in [5, 5.41) is 10.9. The molecule has 0 spiro atoms. The molecule has 0 aromatic heterocycles. The SMILES string of the molecule is O/N=C/Cc1c(F)cccc1Br. The van der Waals surface area contributed by atoms with Gasteiger partial charge >= 0.3 is 0 Å². The van der Waals surface area contributed by atoms with E-state index in [0.717, 1.165) is 0 Å². The summed E-state index contributed by atoms with van der Waals surface area (Å²) in [5.74, 6) is -0.302. The summed E-state index contributed by atoms with van der Waals surface area (Å²) in [6.45, 7) is 0. The molecule has 0 heterocycles. The number of hydrogen-bond donors (Lipinski definition) is 1. The van der Waals surface area contributed by atoms with Gasteiger partial charge in [0.25, 0.3) is 0 Å². The molecule has 12 heavy (non-hydrogen) atoms. The van der Waals surface area contributed by atoms with Crippen molar-refractivity contribution in [1.82, 2.24) is 0 Å². The van der Waals surface area contributed by atoms with E-state index in [4.69, 9.17) is 5.21 Å². The van der Waals surface area contributed by atoms with Crippen molar-refractivity contribution in [3.05, 3.63) is 34.1 Å². The lowest BCUT2D eigenvalue weighted by atomic mass is 10.1. The summed E-state index contributed by atoms with van der Waals surface area (Å²) in [5.41, 5.74) is 0.496. The fourth-order valence-electron chi connectivity index (χ4n) is 0.859. The van der Waals surface area contributed by atoms with Crippen LogP contribution in [0, 0.1) is 5.82 Å². The van der Waals surface area contributed by atoms with Gasteiger partial charge in [-0.3, -0.25) is 0 Å². The van der Waals surface area contributed by atoms with Gasteiger partial charge in [0.05, 0.1) is 0 Å². The minimum Gasteiger partial charge on any atom is -0.411 e. The number of oxime groups is 1. The quantitative estimate of drug-likeness (QED) is 0.474. The molecule has 0 radical (unpaired) electrons. The van der Waals surface area contributed by atoms with E-state index < -0.39 is 0 Å². The molecule has 0 fully saturated rings. The van der Waals surface area contributed by atoms with Gasteiger partial charge in [0, 0.05) is 22.7 Å². The van der Waals surface area contributed by atoms with E-state index in [1.54, 1.807) is 12.1 Å². The Morgan fingerprint density at radius 1 is 1.58 bits per heavy atom. The summed E-state index contributed by atoms with van der Waals surface area (Å²) in [7, 11) is 0. The highest BCUT2D eigenvalue weighted by atomic mass is 79.9. The number of hydrogen-bond acceptors (Lipinski definition) is 2. The second-order valence-electron chi connectivity index (χ2n) is 2.20. The Labute approximate surface area is 77.8 Å². The van der Waals surface area contributed by atoms with Crippen molar-refractivity contribution >= 4 is 22.1 Å². The Hall–Kier alpha value is -0.900. The Morgan fingerprint density at radius 2 is 2.33 bits per heavy atom. The molecule has 0 bridgehead atoms. The number of benzene rings is 1. The van der Waals surface area contributed by atoms with Crippen molar-refractivity contribution in [1.29, 1.82) is 0 Å². The first-order valence-electron chi connectivity index (χ1n) is 3.34. The van der Waals surface area contributed by atoms with Crippen molar-refractivity contribution in [2.24, 2.45) is 5.16 Å². The first-order valence-corrected chi connectivity index (χ1v) is 4.13. The molecule has 0 atom stereocenters. The lowest BCUT2D eigenvalue weighted by Crippen LogP contribution is -1.92. The van der Waals surface area contributed by atoms with Crippen LogP contribution in [0.25, 0.3) is 0 Å². The van der Waals surface area contributed by atoms with Gasteiger partial charge in [-0.1, -0.05) is 22.0 Å². The molecule has 2 nitrogen and oxygen atoms in total. The lowest BCUT2D eigenvalue weighted by molar-refractivity contribution is 0.320. The van der Waals surface area contributed by atoms with Gasteiger partial charge < -0.3 is 5.21 Å². The monoisotopic (exact) mass is 231 g/mol. The standard InChI is InChI=1S/C8H7BrFNO/c9-7-2-1-3-8(10)6(7)4-5-11-12/h1-3,5,12H,4H2/b11-5+. The van der Waals surface area contributed by atoms with Gasteiger partial charge in [-0.05, 0) is 12.1 Å². The molecular formula is C8H7BrFNO. The molecule has 0 aliphatic carbocycles. The van der Waals surface area contributed by atoms with Gasteiger partial charge in [-0.2, -0.15) is 0 Å². The van der Waals surface area contributed by atoms with Crippen molar-refractivity contribution in [3.63, 3.8) is 0 Å². The van der Waals surface area contributed by atoms with E-state index in [9.17, 15) is 4.39 Å². The number of rotatable bonds is 2. The highest BCUT2D eigenvalue weighted by Crippen LogP contribution is 2.19. The van der Waals surface area contributed by atoms with Crippen LogP contribution in [-0.4, -0.2) is 11.4 Å². The molecule has 1 N–H and O–H groups in total. The predicted molar refractivity (Wildman–Crippen MR) is 48.1 cm³/mol. The van der Waals surface area contributed by atoms with Crippen LogP contribution in [0.15, 0.2) is 27.8 Å². The van der Waals surface area contributed by atoms with Crippen LogP contribution in [-0.2, 0) is 6.42 Å². The van der Waals surface area contributed by atoms with Crippen LogP contribution in [0.5, 0.6) is 0 Å². The highest BCUT2D eigenvalue weighted by molar-refractivity contribution is 9.10. The van der Waals surface area contributed by atoms with Crippen LogP contribution in [0.3, 0.4) is 0 Å². The molecule has 0 amide bonds. The maximum atomic E-state index is 13.0. The normalized spacial score (nSPS) is 10.8. The molecule has 0 unspecified atom stereocenters. The third kappa shape index (κ3) is 2.04. The largest absolute Gasteiger partial charge is 0.411 e. The van der Waals surface area contributed by atoms with Crippen molar-refractivity contribution in [2.75, 3.05) is 0 Å². The molecular weight excluding hydrogens is 225 g/mol. The maximum Gasteiger partial charge on any atom is 0.127 e. The fraction of sp³-hybridized carbons (Fsp3) is 0.125. The Balaban J connectivity index is 2.96. The minimum atomic E-state index is -0.302. The van der Waals surface area contributed by atoms with Crippen LogP contribution in [0.4, 0.5) is 4.39 Å². The zero-order chi connectivity index (χ0) is 8.97. The molecule has 0 aliphatic heterocycles. The van der Waals surface area contributed by atoms with E-state index >= 15 is 0 Å². The van der Waals surface area contributed by atoms with Gasteiger partial charge in [-0.25, -0.2) is 4.39 Å². The lowest BCUT2D eigenvalue weighted by Gasteiger charge is -2.00. The first-order chi connectivity index (χ1) is 5.75. The zero-order valence-corrected chi connectivity index (χ0v) is 7.75. The molecule has 64 valence electrons. The van der Waals surface area contributed by atoms with E-state index in [-0.39, 0.29) is 12.2 Å². The van der Waals surface area contributed by atoms with Crippen LogP contribution in [0.1, 0.15) is 5.56 Å². The average Bonchev–Trinajstić information content (AvgIpc) is 2.04. The van der Waals surface area contributed by atoms with Crippen LogP contribution >= 0.6 is 15.9 Å². The van der Waals surface area contributed by atoms with E-state index in [0.29, 0.717) is 10.0 Å². The molecule has 1 aromatic rings. The molecule has 0 aliphatic rings. The molecule has 0 saturated carbocycles. The summed E-state index contributed by atoms with van der Waals surface area (Å²) < 4.78 is 13.7. The molecule has 1 rings (SSSR count). The van der Waals surface area contributed by atoms with Crippen LogP contribution < -0.4 is 0 Å². The second-order valence-corrected chi connectivity index (χ2v) is 3.06. The number of nitrogens with zero attached hydrogens (tertiary/aromatic N) is 1. The summed E-state index contributed by atoms with van der Waals surface area (Å²) >= 11 is 3.19. The topological polar surface area (TPSA) is 32.6 Å². The van der Waals surface area contributed by atoms with E-state index in [1.807, 2.05) is 0 Å². The third-order valence-electron chi connectivity index (χ3n) is 1.44. The van der Waals surface area contributed by atoms with Crippen molar-refractivity contribution in [2.45, 2.75) is 6.42 Å². The first kappa shape index (κ1) is 9.19.